The molecular weight excluding hydrogens is 318 g/mol. The summed E-state index contributed by atoms with van der Waals surface area (Å²) >= 11 is 0. The molecule has 1 aromatic carbocycles. The van der Waals surface area contributed by atoms with Crippen LogP contribution >= 0.6 is 0 Å². The lowest BCUT2D eigenvalue weighted by atomic mass is 9.88. The molecule has 2 rings (SSSR count). The van der Waals surface area contributed by atoms with Crippen LogP contribution < -0.4 is 11.1 Å². The molecule has 0 saturated heterocycles. The molecule has 0 aliphatic heterocycles. The highest BCUT2D eigenvalue weighted by atomic mass is 16.5. The van der Waals surface area contributed by atoms with Crippen molar-refractivity contribution in [1.82, 2.24) is 4.90 Å². The molecule has 2 amide bonds. The van der Waals surface area contributed by atoms with Crippen LogP contribution in [0.5, 0.6) is 0 Å². The molecule has 0 unspecified atom stereocenters. The summed E-state index contributed by atoms with van der Waals surface area (Å²) < 4.78 is 4.62. The van der Waals surface area contributed by atoms with E-state index in [1.165, 1.54) is 13.5 Å². The number of rotatable bonds is 7. The number of anilines is 1. The van der Waals surface area contributed by atoms with Gasteiger partial charge in [-0.2, -0.15) is 0 Å². The Kier molecular flexibility index (Phi) is 7.73. The smallest absolute Gasteiger partial charge is 0.411 e. The Labute approximate surface area is 149 Å². The minimum atomic E-state index is -0.504. The number of hydrogen-bond acceptors (Lipinski definition) is 4. The lowest BCUT2D eigenvalue weighted by Crippen LogP contribution is -2.37. The molecule has 6 heteroatoms. The van der Waals surface area contributed by atoms with Gasteiger partial charge in [-0.3, -0.25) is 10.1 Å². The van der Waals surface area contributed by atoms with Crippen molar-refractivity contribution in [3.63, 3.8) is 0 Å². The van der Waals surface area contributed by atoms with Crippen molar-refractivity contribution in [2.45, 2.75) is 45.1 Å². The standard InChI is InChI=1S/C19H29N3O3/c1-25-19(24)21-17-10-5-7-15(13-17)14-22(12-6-11-20)18(23)16-8-3-2-4-9-16/h5,7,10,13,16H,2-4,6,8-9,11-12,14,20H2,1H3,(H,21,24). The zero-order valence-electron chi connectivity index (χ0n) is 15.0. The Bertz CT molecular complexity index is 571. The van der Waals surface area contributed by atoms with E-state index in [-0.39, 0.29) is 11.8 Å². The molecule has 1 aromatic rings. The maximum absolute atomic E-state index is 12.9. The first-order valence-electron chi connectivity index (χ1n) is 9.07. The van der Waals surface area contributed by atoms with E-state index in [2.05, 4.69) is 10.1 Å². The van der Waals surface area contributed by atoms with Gasteiger partial charge in [0.2, 0.25) is 5.91 Å². The molecule has 0 aromatic heterocycles. The minimum absolute atomic E-state index is 0.142. The Morgan fingerprint density at radius 2 is 2.04 bits per heavy atom. The van der Waals surface area contributed by atoms with Crippen LogP contribution in [0.15, 0.2) is 24.3 Å². The highest BCUT2D eigenvalue weighted by molar-refractivity contribution is 5.84. The largest absolute Gasteiger partial charge is 0.453 e. The van der Waals surface area contributed by atoms with E-state index in [4.69, 9.17) is 5.73 Å². The van der Waals surface area contributed by atoms with Crippen LogP contribution in [0.2, 0.25) is 0 Å². The second-order valence-corrected chi connectivity index (χ2v) is 6.55. The fourth-order valence-electron chi connectivity index (χ4n) is 3.29. The summed E-state index contributed by atoms with van der Waals surface area (Å²) in [6.45, 7) is 1.77. The Morgan fingerprint density at radius 1 is 1.28 bits per heavy atom. The molecule has 1 fully saturated rings. The molecule has 138 valence electrons. The van der Waals surface area contributed by atoms with Gasteiger partial charge < -0.3 is 15.4 Å². The van der Waals surface area contributed by atoms with Gasteiger partial charge in [-0.15, -0.1) is 0 Å². The van der Waals surface area contributed by atoms with Gasteiger partial charge in [-0.25, -0.2) is 4.79 Å². The van der Waals surface area contributed by atoms with E-state index >= 15 is 0 Å². The van der Waals surface area contributed by atoms with Gasteiger partial charge in [0.25, 0.3) is 0 Å². The average molecular weight is 347 g/mol. The predicted molar refractivity (Wildman–Crippen MR) is 98.1 cm³/mol. The first kappa shape index (κ1) is 19.2. The van der Waals surface area contributed by atoms with Crippen molar-refractivity contribution in [2.75, 3.05) is 25.5 Å². The first-order chi connectivity index (χ1) is 12.1. The molecular formula is C19H29N3O3. The van der Waals surface area contributed by atoms with Gasteiger partial charge in [0, 0.05) is 24.7 Å². The Balaban J connectivity index is 2.06. The fraction of sp³-hybridized carbons (Fsp3) is 0.579. The number of hydrogen-bond donors (Lipinski definition) is 2. The number of benzene rings is 1. The minimum Gasteiger partial charge on any atom is -0.453 e. The highest BCUT2D eigenvalue weighted by Crippen LogP contribution is 2.26. The average Bonchev–Trinajstić information content (AvgIpc) is 2.65. The van der Waals surface area contributed by atoms with Gasteiger partial charge >= 0.3 is 6.09 Å². The summed E-state index contributed by atoms with van der Waals surface area (Å²) in [5.41, 5.74) is 7.29. The topological polar surface area (TPSA) is 84.7 Å². The van der Waals surface area contributed by atoms with Crippen molar-refractivity contribution in [3.05, 3.63) is 29.8 Å². The third kappa shape index (κ3) is 6.05. The summed E-state index contributed by atoms with van der Waals surface area (Å²) in [6.07, 6.45) is 5.77. The van der Waals surface area contributed by atoms with E-state index in [0.717, 1.165) is 37.7 Å². The van der Waals surface area contributed by atoms with Gasteiger partial charge in [0.05, 0.1) is 7.11 Å². The quantitative estimate of drug-likeness (QED) is 0.793. The van der Waals surface area contributed by atoms with Gasteiger partial charge in [0.15, 0.2) is 0 Å². The van der Waals surface area contributed by atoms with Crippen molar-refractivity contribution >= 4 is 17.7 Å². The van der Waals surface area contributed by atoms with Gasteiger partial charge in [0.1, 0.15) is 0 Å². The van der Waals surface area contributed by atoms with Gasteiger partial charge in [-0.1, -0.05) is 31.4 Å². The summed E-state index contributed by atoms with van der Waals surface area (Å²) in [7, 11) is 1.33. The molecule has 0 heterocycles. The number of carbonyl (C=O) groups is 2. The van der Waals surface area contributed by atoms with Crippen molar-refractivity contribution < 1.29 is 14.3 Å². The van der Waals surface area contributed by atoms with Crippen LogP contribution in [0.1, 0.15) is 44.1 Å². The molecule has 1 aliphatic carbocycles. The van der Waals surface area contributed by atoms with Crippen LogP contribution in [0.4, 0.5) is 10.5 Å². The third-order valence-electron chi connectivity index (χ3n) is 4.63. The second kappa shape index (κ2) is 10.0. The molecule has 1 aliphatic rings. The second-order valence-electron chi connectivity index (χ2n) is 6.55. The maximum atomic E-state index is 12.9. The molecule has 0 radical (unpaired) electrons. The van der Waals surface area contributed by atoms with Crippen molar-refractivity contribution in [3.8, 4) is 0 Å². The number of carbonyl (C=O) groups excluding carboxylic acids is 2. The summed E-state index contributed by atoms with van der Waals surface area (Å²) in [5.74, 6) is 0.377. The lowest BCUT2D eigenvalue weighted by Gasteiger charge is -2.29. The van der Waals surface area contributed by atoms with E-state index in [0.29, 0.717) is 25.3 Å². The van der Waals surface area contributed by atoms with Gasteiger partial charge in [-0.05, 0) is 43.5 Å². The van der Waals surface area contributed by atoms with Crippen LogP contribution in [-0.4, -0.2) is 37.1 Å². The Morgan fingerprint density at radius 3 is 2.72 bits per heavy atom. The van der Waals surface area contributed by atoms with Crippen molar-refractivity contribution in [2.24, 2.45) is 11.7 Å². The number of amides is 2. The van der Waals surface area contributed by atoms with Crippen LogP contribution in [0, 0.1) is 5.92 Å². The predicted octanol–water partition coefficient (Wildman–Crippen LogP) is 3.12. The normalized spacial score (nSPS) is 14.8. The highest BCUT2D eigenvalue weighted by Gasteiger charge is 2.25. The molecule has 3 N–H and O–H groups in total. The summed E-state index contributed by atoms with van der Waals surface area (Å²) in [5, 5.41) is 2.66. The first-order valence-corrected chi connectivity index (χ1v) is 9.07. The summed E-state index contributed by atoms with van der Waals surface area (Å²) in [4.78, 5) is 26.2. The number of nitrogens with zero attached hydrogens (tertiary/aromatic N) is 1. The number of ether oxygens (including phenoxy) is 1. The zero-order chi connectivity index (χ0) is 18.1. The van der Waals surface area contributed by atoms with E-state index in [9.17, 15) is 9.59 Å². The lowest BCUT2D eigenvalue weighted by molar-refractivity contribution is -0.137. The zero-order valence-corrected chi connectivity index (χ0v) is 15.0. The van der Waals surface area contributed by atoms with E-state index < -0.39 is 6.09 Å². The van der Waals surface area contributed by atoms with Crippen LogP contribution in [-0.2, 0) is 16.1 Å². The Hall–Kier alpha value is -2.08. The van der Waals surface area contributed by atoms with E-state index in [1.54, 1.807) is 6.07 Å². The number of nitrogens with two attached hydrogens (primary N) is 1. The maximum Gasteiger partial charge on any atom is 0.411 e. The molecule has 6 nitrogen and oxygen atoms in total. The van der Waals surface area contributed by atoms with Crippen molar-refractivity contribution in [1.29, 1.82) is 0 Å². The molecule has 0 bridgehead atoms. The monoisotopic (exact) mass is 347 g/mol. The number of methoxy groups -OCH3 is 1. The van der Waals surface area contributed by atoms with Crippen LogP contribution in [0.3, 0.4) is 0 Å². The summed E-state index contributed by atoms with van der Waals surface area (Å²) in [6, 6.07) is 7.51. The van der Waals surface area contributed by atoms with E-state index in [1.807, 2.05) is 23.1 Å². The van der Waals surface area contributed by atoms with Crippen LogP contribution in [0.25, 0.3) is 0 Å². The SMILES string of the molecule is COC(=O)Nc1cccc(CN(CCCN)C(=O)C2CCCCC2)c1. The molecule has 1 saturated carbocycles. The number of nitrogens with one attached hydrogen (secondary N) is 1. The molecule has 25 heavy (non-hydrogen) atoms. The third-order valence-corrected chi connectivity index (χ3v) is 4.63. The fourth-order valence-corrected chi connectivity index (χ4v) is 3.29. The molecule has 0 atom stereocenters. The molecule has 0 spiro atoms.